The fraction of sp³-hybridized carbons (Fsp3) is 0.0303. The van der Waals surface area contributed by atoms with Crippen molar-refractivity contribution in [2.75, 3.05) is 0 Å². The fourth-order valence-corrected chi connectivity index (χ4v) is 12.5. The normalized spacial score (nSPS) is 13.7. The second-order valence-corrected chi connectivity index (χ2v) is 19.4. The molecular weight excluding hydrogens is 878 g/mol. The minimum absolute atomic E-state index is 0.219. The smallest absolute Gasteiger partial charge is 0.260 e. The van der Waals surface area contributed by atoms with Crippen LogP contribution in [0.5, 0.6) is 23.0 Å². The third-order valence-corrected chi connectivity index (χ3v) is 15.6. The van der Waals surface area contributed by atoms with Gasteiger partial charge in [-0.25, -0.2) is 0 Å². The van der Waals surface area contributed by atoms with Crippen LogP contribution in [0.2, 0.25) is 0 Å². The van der Waals surface area contributed by atoms with Gasteiger partial charge in [-0.3, -0.25) is 0 Å². The van der Waals surface area contributed by atoms with Crippen molar-refractivity contribution >= 4 is 94.2 Å². The lowest BCUT2D eigenvalue weighted by atomic mass is 9.34. The summed E-state index contributed by atoms with van der Waals surface area (Å²) in [6.45, 7) is -0.219. The molecule has 2 aliphatic heterocycles. The molecule has 0 atom stereocenters. The maximum atomic E-state index is 7.81. The van der Waals surface area contributed by atoms with Gasteiger partial charge in [0.05, 0.1) is 38.5 Å². The second kappa shape index (κ2) is 15.1. The van der Waals surface area contributed by atoms with Crippen molar-refractivity contribution in [3.05, 3.63) is 231 Å². The minimum Gasteiger partial charge on any atom is -0.456 e. The van der Waals surface area contributed by atoms with Gasteiger partial charge < -0.3 is 23.2 Å². The van der Waals surface area contributed by atoms with Crippen LogP contribution in [0.4, 0.5) is 0 Å². The van der Waals surface area contributed by atoms with Crippen LogP contribution in [0.25, 0.3) is 105 Å². The van der Waals surface area contributed by atoms with Crippen molar-refractivity contribution < 1.29 is 9.47 Å². The lowest BCUT2D eigenvalue weighted by molar-refractivity contribution is 0.472. The predicted octanol–water partition coefficient (Wildman–Crippen LogP) is 15.2. The average molecular weight is 920 g/mol. The van der Waals surface area contributed by atoms with Gasteiger partial charge in [-0.1, -0.05) is 176 Å². The monoisotopic (exact) mass is 919 g/mol. The Morgan fingerprint density at radius 3 is 1.49 bits per heavy atom. The summed E-state index contributed by atoms with van der Waals surface area (Å²) < 4.78 is 22.8. The largest absolute Gasteiger partial charge is 0.456 e. The SMILES string of the molecule is C1=CCCC(n2c3ccccc3c3c4c5c(cc32)Oc2c(ccc3c6ccc(-c7ccccc7)cc6n(-c6ccccc6)c23)B5c2ccc3c5ccc(-c6ccccc6)cc5n(-c5ccccc5)c3c2O4)=C1. The highest BCUT2D eigenvalue weighted by Crippen LogP contribution is 2.50. The van der Waals surface area contributed by atoms with Crippen molar-refractivity contribution in [3.8, 4) is 56.6 Å². The maximum absolute atomic E-state index is 7.81. The Bertz CT molecular complexity index is 4480. The van der Waals surface area contributed by atoms with E-state index in [9.17, 15) is 0 Å². The number of para-hydroxylation sites is 3. The highest BCUT2D eigenvalue weighted by atomic mass is 16.5. The lowest BCUT2D eigenvalue weighted by Crippen LogP contribution is -2.57. The number of benzene rings is 10. The van der Waals surface area contributed by atoms with Crippen LogP contribution >= 0.6 is 0 Å². The molecule has 6 heteroatoms. The number of allylic oxidation sites excluding steroid dienone is 4. The van der Waals surface area contributed by atoms with Crippen LogP contribution in [0.15, 0.2) is 231 Å². The lowest BCUT2D eigenvalue weighted by Gasteiger charge is -2.34. The van der Waals surface area contributed by atoms with E-state index in [4.69, 9.17) is 9.47 Å². The van der Waals surface area contributed by atoms with Crippen molar-refractivity contribution in [2.24, 2.45) is 0 Å². The molecule has 5 nitrogen and oxygen atoms in total. The van der Waals surface area contributed by atoms with Gasteiger partial charge in [-0.05, 0) is 94.6 Å². The Kier molecular flexibility index (Phi) is 8.31. The molecule has 1 aliphatic carbocycles. The molecule has 3 aliphatic rings. The van der Waals surface area contributed by atoms with Gasteiger partial charge in [0.2, 0.25) is 0 Å². The van der Waals surface area contributed by atoms with Crippen LogP contribution in [-0.2, 0) is 0 Å². The first-order valence-electron chi connectivity index (χ1n) is 25.0. The first-order valence-corrected chi connectivity index (χ1v) is 25.0. The quantitative estimate of drug-likeness (QED) is 0.161. The summed E-state index contributed by atoms with van der Waals surface area (Å²) in [5.41, 5.74) is 18.0. The van der Waals surface area contributed by atoms with E-state index in [-0.39, 0.29) is 6.71 Å². The molecule has 16 rings (SSSR count). The molecule has 0 amide bonds. The van der Waals surface area contributed by atoms with Crippen molar-refractivity contribution in [1.82, 2.24) is 13.7 Å². The van der Waals surface area contributed by atoms with E-state index in [0.29, 0.717) is 0 Å². The van der Waals surface area contributed by atoms with E-state index < -0.39 is 0 Å². The molecule has 3 aromatic heterocycles. The molecule has 10 aromatic carbocycles. The molecule has 0 unspecified atom stereocenters. The van der Waals surface area contributed by atoms with Crippen LogP contribution in [-0.4, -0.2) is 20.4 Å². The number of fused-ring (bicyclic) bond motifs is 16. The predicted molar refractivity (Wildman–Crippen MR) is 299 cm³/mol. The molecule has 0 spiro atoms. The summed E-state index contributed by atoms with van der Waals surface area (Å²) in [4.78, 5) is 0. The number of rotatable bonds is 5. The zero-order chi connectivity index (χ0) is 47.0. The maximum Gasteiger partial charge on any atom is 0.260 e. The van der Waals surface area contributed by atoms with E-state index in [1.165, 1.54) is 38.7 Å². The number of nitrogens with zero attached hydrogens (tertiary/aromatic N) is 3. The van der Waals surface area contributed by atoms with E-state index in [1.807, 2.05) is 0 Å². The summed E-state index contributed by atoms with van der Waals surface area (Å²) in [6.07, 6.45) is 8.63. The zero-order valence-corrected chi connectivity index (χ0v) is 39.1. The Balaban J connectivity index is 1.05. The van der Waals surface area contributed by atoms with Gasteiger partial charge in [-0.15, -0.1) is 0 Å². The number of ether oxygens (including phenoxy) is 2. The molecular formula is C66H42BN3O2. The summed E-state index contributed by atoms with van der Waals surface area (Å²) in [5, 5.41) is 6.90. The Labute approximate surface area is 415 Å². The topological polar surface area (TPSA) is 33.2 Å². The van der Waals surface area contributed by atoms with Crippen molar-refractivity contribution in [1.29, 1.82) is 0 Å². The Hall–Kier alpha value is -9.26. The molecule has 5 heterocycles. The number of aromatic nitrogens is 3. The van der Waals surface area contributed by atoms with Crippen LogP contribution in [0.3, 0.4) is 0 Å². The Morgan fingerprint density at radius 1 is 0.389 bits per heavy atom. The first-order chi connectivity index (χ1) is 35.7. The first kappa shape index (κ1) is 39.6. The van der Waals surface area contributed by atoms with Crippen LogP contribution in [0, 0.1) is 0 Å². The second-order valence-electron chi connectivity index (χ2n) is 19.4. The zero-order valence-electron chi connectivity index (χ0n) is 39.1. The Morgan fingerprint density at radius 2 is 0.917 bits per heavy atom. The standard InChI is InChI=1S/C66H42BN3O2/c1-6-18-41(19-7-1)43-30-32-48-50-34-36-53-64(62(50)69(56(48)38-43)46-24-12-4-13-25-46)71-59-40-58-60(52-28-16-17-29-55(52)68(58)45-22-10-3-11-23-45)66-61(59)67(53)54-37-35-51-49-33-31-44(42-20-8-2-9-21-42)39-57(49)70(63(51)65(54)72-66)47-26-14-5-15-27-47/h1-10,12-22,24-40H,11,23H2. The highest BCUT2D eigenvalue weighted by molar-refractivity contribution is 6.99. The van der Waals surface area contributed by atoms with Crippen molar-refractivity contribution in [2.45, 2.75) is 12.8 Å². The fourth-order valence-electron chi connectivity index (χ4n) is 12.5. The van der Waals surface area contributed by atoms with E-state index in [1.54, 1.807) is 0 Å². The van der Waals surface area contributed by atoms with Gasteiger partial charge >= 0.3 is 0 Å². The molecule has 0 N–H and O–H groups in total. The third-order valence-electron chi connectivity index (χ3n) is 15.6. The van der Waals surface area contributed by atoms with Crippen molar-refractivity contribution in [3.63, 3.8) is 0 Å². The molecule has 0 saturated carbocycles. The highest BCUT2D eigenvalue weighted by Gasteiger charge is 2.44. The average Bonchev–Trinajstić information content (AvgIpc) is 4.09. The summed E-state index contributed by atoms with van der Waals surface area (Å²) in [5.74, 6) is 3.40. The molecule has 0 radical (unpaired) electrons. The van der Waals surface area contributed by atoms with Gasteiger partial charge in [0, 0.05) is 55.5 Å². The van der Waals surface area contributed by atoms with Gasteiger partial charge in [-0.2, -0.15) is 0 Å². The van der Waals surface area contributed by atoms with E-state index in [2.05, 4.69) is 244 Å². The molecule has 0 fully saturated rings. The van der Waals surface area contributed by atoms with Gasteiger partial charge in [0.15, 0.2) is 0 Å². The van der Waals surface area contributed by atoms with E-state index in [0.717, 1.165) is 118 Å². The summed E-state index contributed by atoms with van der Waals surface area (Å²) in [6, 6.07) is 77.2. The molecule has 72 heavy (non-hydrogen) atoms. The molecule has 336 valence electrons. The molecule has 0 saturated heterocycles. The number of hydrogen-bond acceptors (Lipinski definition) is 2. The summed E-state index contributed by atoms with van der Waals surface area (Å²) >= 11 is 0. The third kappa shape index (κ3) is 5.54. The minimum atomic E-state index is -0.219. The molecule has 13 aromatic rings. The van der Waals surface area contributed by atoms with Gasteiger partial charge in [0.1, 0.15) is 23.0 Å². The van der Waals surface area contributed by atoms with Crippen LogP contribution < -0.4 is 25.9 Å². The summed E-state index contributed by atoms with van der Waals surface area (Å²) in [7, 11) is 0. The number of hydrogen-bond donors (Lipinski definition) is 0. The van der Waals surface area contributed by atoms with E-state index >= 15 is 0 Å². The van der Waals surface area contributed by atoms with Crippen LogP contribution in [0.1, 0.15) is 12.8 Å². The molecule has 0 bridgehead atoms. The van der Waals surface area contributed by atoms with Gasteiger partial charge in [0.25, 0.3) is 6.71 Å².